The van der Waals surface area contributed by atoms with Crippen molar-refractivity contribution in [1.82, 2.24) is 15.0 Å². The predicted octanol–water partition coefficient (Wildman–Crippen LogP) is 11.4. The summed E-state index contributed by atoms with van der Waals surface area (Å²) >= 11 is 0. The molecule has 0 atom stereocenters. The summed E-state index contributed by atoms with van der Waals surface area (Å²) in [6, 6.07) is 13.3. The van der Waals surface area contributed by atoms with Crippen LogP contribution in [0.2, 0.25) is 0 Å². The minimum Gasteiger partial charge on any atom is -0.208 e. The van der Waals surface area contributed by atoms with Gasteiger partial charge in [-0.15, -0.1) is 0 Å². The first-order valence-electron chi connectivity index (χ1n) is 25.5. The minimum atomic E-state index is -4.10. The largest absolute Gasteiger partial charge is 0.208 e. The summed E-state index contributed by atoms with van der Waals surface area (Å²) in [6.07, 6.45) is -20.4. The molecule has 1 spiro atoms. The van der Waals surface area contributed by atoms with E-state index in [4.69, 9.17) is 32.8 Å². The molecule has 9 rings (SSSR count). The summed E-state index contributed by atoms with van der Waals surface area (Å²) in [5.41, 5.74) is -8.05. The van der Waals surface area contributed by atoms with Crippen molar-refractivity contribution >= 4 is 0 Å². The fourth-order valence-electron chi connectivity index (χ4n) is 5.83. The third kappa shape index (κ3) is 4.94. The van der Waals surface area contributed by atoms with Crippen molar-refractivity contribution in [3.8, 4) is 67.5 Å². The van der Waals surface area contributed by atoms with Crippen molar-refractivity contribution in [2.75, 3.05) is 0 Å². The second-order valence-corrected chi connectivity index (χ2v) is 11.0. The van der Waals surface area contributed by atoms with E-state index in [-0.39, 0.29) is 17.0 Å². The number of nitrogens with zero attached hydrogens (tertiary/aromatic N) is 3. The van der Waals surface area contributed by atoms with Crippen molar-refractivity contribution < 1.29 is 28.8 Å². The van der Waals surface area contributed by atoms with E-state index in [1.54, 1.807) is 12.1 Å². The molecule has 6 aromatic carbocycles. The van der Waals surface area contributed by atoms with Crippen LogP contribution in [0.3, 0.4) is 0 Å². The van der Waals surface area contributed by atoms with Crippen LogP contribution in [0.4, 0.5) is 0 Å². The van der Waals surface area contributed by atoms with E-state index in [1.165, 1.54) is 12.1 Å². The van der Waals surface area contributed by atoms with Gasteiger partial charge in [0, 0.05) is 35.8 Å². The van der Waals surface area contributed by atoms with Crippen LogP contribution in [-0.2, 0) is 5.41 Å². The molecule has 0 N–H and O–H groups in total. The Morgan fingerprint density at radius 2 is 1.02 bits per heavy atom. The van der Waals surface area contributed by atoms with Gasteiger partial charge in [-0.05, 0) is 75.4 Å². The lowest BCUT2D eigenvalue weighted by atomic mass is 9.67. The Kier molecular flexibility index (Phi) is 3.51. The molecule has 48 heavy (non-hydrogen) atoms. The lowest BCUT2D eigenvalue weighted by Crippen LogP contribution is -2.28. The Labute approximate surface area is 311 Å². The molecule has 0 bridgehead atoms. The normalized spacial score (nSPS) is 26.0. The number of hydrogen-bond acceptors (Lipinski definition) is 3. The molecule has 230 valence electrons. The van der Waals surface area contributed by atoms with Crippen LogP contribution in [0, 0.1) is 0 Å². The van der Waals surface area contributed by atoms with Crippen molar-refractivity contribution in [1.29, 1.82) is 0 Å². The lowest BCUT2D eigenvalue weighted by molar-refractivity contribution is 0.353. The average molecular weight is 639 g/mol. The Morgan fingerprint density at radius 3 is 1.73 bits per heavy atom. The van der Waals surface area contributed by atoms with Gasteiger partial charge in [-0.1, -0.05) is 152 Å². The molecule has 1 heterocycles. The molecule has 0 unspecified atom stereocenters. The molecule has 7 aromatic rings. The van der Waals surface area contributed by atoms with Crippen molar-refractivity contribution in [2.45, 2.75) is 37.3 Å². The fourth-order valence-corrected chi connectivity index (χ4v) is 5.83. The Balaban J connectivity index is 1.35. The molecule has 0 radical (unpaired) electrons. The molecular formula is C45H35N3. The lowest BCUT2D eigenvalue weighted by Gasteiger charge is -2.36. The van der Waals surface area contributed by atoms with Gasteiger partial charge in [0.1, 0.15) is 0 Å². The summed E-state index contributed by atoms with van der Waals surface area (Å²) in [4.78, 5) is 14.2. The molecule has 2 aliphatic carbocycles. The first-order chi connectivity index (χ1) is 32.1. The highest BCUT2D eigenvalue weighted by atomic mass is 15.0. The molecule has 0 saturated heterocycles. The average Bonchev–Trinajstić information content (AvgIpc) is 3.67. The number of rotatable bonds is 5. The summed E-state index contributed by atoms with van der Waals surface area (Å²) in [5.74, 6) is 0.781. The topological polar surface area (TPSA) is 38.7 Å². The van der Waals surface area contributed by atoms with Gasteiger partial charge < -0.3 is 0 Å². The molecule has 1 aromatic heterocycles. The van der Waals surface area contributed by atoms with Crippen LogP contribution in [0.15, 0.2) is 151 Å². The van der Waals surface area contributed by atoms with Crippen molar-refractivity contribution in [3.63, 3.8) is 0 Å². The van der Waals surface area contributed by atoms with E-state index < -0.39 is 137 Å². The Hall–Kier alpha value is -5.67. The number of aromatic nitrogens is 3. The first-order valence-corrected chi connectivity index (χ1v) is 15.0. The third-order valence-electron chi connectivity index (χ3n) is 8.11. The highest BCUT2D eigenvalue weighted by Crippen LogP contribution is 2.56. The van der Waals surface area contributed by atoms with Gasteiger partial charge in [-0.3, -0.25) is 0 Å². The zero-order valence-corrected chi connectivity index (χ0v) is 24.9. The number of benzene rings is 6. The third-order valence-corrected chi connectivity index (χ3v) is 8.11. The standard InChI is InChI=1S/C45H35N3/c1-4-14-31(15-5-1)42-46-43(32-16-6-2-7-17-32)48-44(47-42)37-21-13-20-35(29-37)33-18-12-19-34(28-33)36-24-25-39-38-22-8-9-23-40(38)45(41(39)30-36)26-10-3-11-27-45/h1-2,4-9,12-25,28-30H,3,10-11,26-27H2/i3D2,8D,9D,10D2,11D2,12D,18D,19D,22D,23D,24D,25D,26D2,27D2,28D,30D. The molecule has 3 heteroatoms. The van der Waals surface area contributed by atoms with Gasteiger partial charge in [0.2, 0.25) is 0 Å². The van der Waals surface area contributed by atoms with E-state index in [2.05, 4.69) is 0 Å². The van der Waals surface area contributed by atoms with Gasteiger partial charge in [0.15, 0.2) is 17.5 Å². The zero-order valence-electron chi connectivity index (χ0n) is 45.9. The molecular weight excluding hydrogens is 583 g/mol. The molecule has 1 fully saturated rings. The fraction of sp³-hybridized carbons (Fsp3) is 0.133. The minimum absolute atomic E-state index is 0.0709. The van der Waals surface area contributed by atoms with Crippen LogP contribution in [0.5, 0.6) is 0 Å². The quantitative estimate of drug-likeness (QED) is 0.188. The van der Waals surface area contributed by atoms with E-state index in [1.807, 2.05) is 60.7 Å². The van der Waals surface area contributed by atoms with E-state index in [0.29, 0.717) is 28.3 Å². The highest BCUT2D eigenvalue weighted by molar-refractivity contribution is 5.85. The monoisotopic (exact) mass is 638 g/mol. The van der Waals surface area contributed by atoms with Gasteiger partial charge in [0.25, 0.3) is 0 Å². The van der Waals surface area contributed by atoms with Crippen LogP contribution in [0.25, 0.3) is 67.5 Å². The smallest absolute Gasteiger partial charge is 0.164 e. The predicted molar refractivity (Wildman–Crippen MR) is 196 cm³/mol. The molecule has 3 nitrogen and oxygen atoms in total. The van der Waals surface area contributed by atoms with Gasteiger partial charge in [-0.25, -0.2) is 15.0 Å². The summed E-state index contributed by atoms with van der Waals surface area (Å²) in [7, 11) is 0. The summed E-state index contributed by atoms with van der Waals surface area (Å²) < 4.78 is 191. The zero-order chi connectivity index (χ0) is 50.5. The van der Waals surface area contributed by atoms with E-state index in [9.17, 15) is 11.0 Å². The van der Waals surface area contributed by atoms with E-state index >= 15 is 0 Å². The molecule has 0 aliphatic heterocycles. The van der Waals surface area contributed by atoms with Gasteiger partial charge in [0.05, 0.1) is 15.1 Å². The highest BCUT2D eigenvalue weighted by Gasteiger charge is 2.43. The van der Waals surface area contributed by atoms with Crippen molar-refractivity contribution in [2.24, 2.45) is 0 Å². The molecule has 0 amide bonds. The maximum absolute atomic E-state index is 9.83. The summed E-state index contributed by atoms with van der Waals surface area (Å²) in [5, 5.41) is 0. The molecule has 2 aliphatic rings. The molecule has 1 saturated carbocycles. The van der Waals surface area contributed by atoms with Crippen LogP contribution in [-0.4, -0.2) is 15.0 Å². The maximum atomic E-state index is 9.83. The SMILES string of the molecule is [2H]c1c([2H])c(-c2cccc(-c3nc(-c4ccccc4)nc(-c4ccccc4)n3)c2)c([2H])c(-c2c([2H])c([2H])c3c(c2[2H])C2(c4c([2H])c([2H])c([2H])c([2H])c4-3)C([2H])([2H])C([2H])([2H])C([2H])([2H])C([2H])([2H])C2([2H])[2H])c1[2H]. The maximum Gasteiger partial charge on any atom is 0.164 e. The number of fused-ring (bicyclic) bond motifs is 5. The second-order valence-electron chi connectivity index (χ2n) is 11.0. The number of hydrogen-bond donors (Lipinski definition) is 0. The van der Waals surface area contributed by atoms with E-state index in [0.717, 1.165) is 0 Å². The van der Waals surface area contributed by atoms with Crippen molar-refractivity contribution in [3.05, 3.63) is 163 Å². The van der Waals surface area contributed by atoms with Crippen LogP contribution < -0.4 is 0 Å². The van der Waals surface area contributed by atoms with Crippen LogP contribution >= 0.6 is 0 Å². The second kappa shape index (κ2) is 11.8. The van der Waals surface area contributed by atoms with Gasteiger partial charge >= 0.3 is 0 Å². The Morgan fingerprint density at radius 1 is 0.458 bits per heavy atom. The van der Waals surface area contributed by atoms with Gasteiger partial charge in [-0.2, -0.15) is 0 Å². The Bertz CT molecular complexity index is 3250. The van der Waals surface area contributed by atoms with Crippen LogP contribution in [0.1, 0.15) is 71.8 Å². The summed E-state index contributed by atoms with van der Waals surface area (Å²) in [6.45, 7) is 0. The first kappa shape index (κ1) is 14.2.